The van der Waals surface area contributed by atoms with E-state index in [1.54, 1.807) is 0 Å². The first-order chi connectivity index (χ1) is 10.8. The molecule has 0 saturated carbocycles. The van der Waals surface area contributed by atoms with E-state index in [0.717, 1.165) is 24.3 Å². The smallest absolute Gasteiger partial charge is 0.122 e. The molecule has 0 heterocycles. The standard InChI is InChI=1S/C19H25NO2/c1-2-21-18-11-6-12-19(14-18)22-13-7-10-17(15-20)16-8-4-3-5-9-16/h3-6,8-9,11-12,14,17H,2,7,10,13,15,20H2,1H3. The van der Waals surface area contributed by atoms with Gasteiger partial charge in [-0.1, -0.05) is 36.4 Å². The molecular formula is C19H25NO2. The molecule has 0 aliphatic carbocycles. The van der Waals surface area contributed by atoms with Gasteiger partial charge < -0.3 is 15.2 Å². The van der Waals surface area contributed by atoms with E-state index in [4.69, 9.17) is 15.2 Å². The second-order valence-corrected chi connectivity index (χ2v) is 5.24. The highest BCUT2D eigenvalue weighted by molar-refractivity contribution is 5.32. The lowest BCUT2D eigenvalue weighted by Crippen LogP contribution is -2.13. The third kappa shape index (κ3) is 5.08. The average Bonchev–Trinajstić information content (AvgIpc) is 2.56. The minimum atomic E-state index is 0.402. The molecule has 0 amide bonds. The van der Waals surface area contributed by atoms with Crippen LogP contribution in [0.25, 0.3) is 0 Å². The lowest BCUT2D eigenvalue weighted by molar-refractivity contribution is 0.296. The highest BCUT2D eigenvalue weighted by atomic mass is 16.5. The van der Waals surface area contributed by atoms with Gasteiger partial charge in [0.2, 0.25) is 0 Å². The van der Waals surface area contributed by atoms with Gasteiger partial charge in [-0.25, -0.2) is 0 Å². The highest BCUT2D eigenvalue weighted by Gasteiger charge is 2.08. The van der Waals surface area contributed by atoms with Gasteiger partial charge in [-0.15, -0.1) is 0 Å². The minimum absolute atomic E-state index is 0.402. The van der Waals surface area contributed by atoms with Gasteiger partial charge in [0.15, 0.2) is 0 Å². The maximum absolute atomic E-state index is 5.89. The third-order valence-electron chi connectivity index (χ3n) is 3.64. The summed E-state index contributed by atoms with van der Waals surface area (Å²) in [5.74, 6) is 2.11. The topological polar surface area (TPSA) is 44.5 Å². The van der Waals surface area contributed by atoms with Gasteiger partial charge in [0.25, 0.3) is 0 Å². The van der Waals surface area contributed by atoms with Crippen LogP contribution < -0.4 is 15.2 Å². The van der Waals surface area contributed by atoms with E-state index in [1.807, 2.05) is 37.3 Å². The molecule has 0 aromatic heterocycles. The number of hydrogen-bond acceptors (Lipinski definition) is 3. The first kappa shape index (κ1) is 16.4. The monoisotopic (exact) mass is 299 g/mol. The molecule has 118 valence electrons. The van der Waals surface area contributed by atoms with Crippen molar-refractivity contribution in [3.05, 3.63) is 60.2 Å². The predicted octanol–water partition coefficient (Wildman–Crippen LogP) is 3.99. The van der Waals surface area contributed by atoms with Gasteiger partial charge in [-0.05, 0) is 49.9 Å². The zero-order valence-corrected chi connectivity index (χ0v) is 13.2. The SMILES string of the molecule is CCOc1cccc(OCCCC(CN)c2ccccc2)c1. The molecule has 3 heteroatoms. The van der Waals surface area contributed by atoms with E-state index >= 15 is 0 Å². The quantitative estimate of drug-likeness (QED) is 0.712. The Morgan fingerprint density at radius 1 is 0.955 bits per heavy atom. The summed E-state index contributed by atoms with van der Waals surface area (Å²) in [5.41, 5.74) is 7.20. The number of benzene rings is 2. The van der Waals surface area contributed by atoms with Crippen LogP contribution in [0.3, 0.4) is 0 Å². The Kier molecular flexibility index (Phi) is 6.78. The molecule has 0 spiro atoms. The van der Waals surface area contributed by atoms with E-state index in [9.17, 15) is 0 Å². The zero-order chi connectivity index (χ0) is 15.6. The maximum atomic E-state index is 5.89. The molecule has 2 N–H and O–H groups in total. The van der Waals surface area contributed by atoms with E-state index < -0.39 is 0 Å². The predicted molar refractivity (Wildman–Crippen MR) is 90.6 cm³/mol. The van der Waals surface area contributed by atoms with Crippen LogP contribution in [0.1, 0.15) is 31.2 Å². The van der Waals surface area contributed by atoms with Crippen molar-refractivity contribution in [1.29, 1.82) is 0 Å². The van der Waals surface area contributed by atoms with Gasteiger partial charge in [0, 0.05) is 6.07 Å². The van der Waals surface area contributed by atoms with Crippen LogP contribution >= 0.6 is 0 Å². The second-order valence-electron chi connectivity index (χ2n) is 5.24. The molecule has 2 rings (SSSR count). The van der Waals surface area contributed by atoms with Crippen molar-refractivity contribution >= 4 is 0 Å². The molecule has 0 bridgehead atoms. The minimum Gasteiger partial charge on any atom is -0.494 e. The molecule has 2 aromatic rings. The van der Waals surface area contributed by atoms with Crippen molar-refractivity contribution in [3.63, 3.8) is 0 Å². The normalized spacial score (nSPS) is 11.9. The molecule has 1 atom stereocenters. The Balaban J connectivity index is 1.77. The van der Waals surface area contributed by atoms with Crippen LogP contribution in [0.15, 0.2) is 54.6 Å². The molecule has 0 saturated heterocycles. The number of ether oxygens (including phenoxy) is 2. The van der Waals surface area contributed by atoms with Crippen LogP contribution in [0.4, 0.5) is 0 Å². The summed E-state index contributed by atoms with van der Waals surface area (Å²) >= 11 is 0. The Morgan fingerprint density at radius 2 is 1.68 bits per heavy atom. The molecule has 3 nitrogen and oxygen atoms in total. The summed E-state index contributed by atoms with van der Waals surface area (Å²) in [7, 11) is 0. The van der Waals surface area contributed by atoms with Gasteiger partial charge in [-0.2, -0.15) is 0 Å². The average molecular weight is 299 g/mol. The van der Waals surface area contributed by atoms with Crippen LogP contribution in [0.5, 0.6) is 11.5 Å². The largest absolute Gasteiger partial charge is 0.494 e. The van der Waals surface area contributed by atoms with Crippen molar-refractivity contribution in [2.45, 2.75) is 25.7 Å². The fourth-order valence-electron chi connectivity index (χ4n) is 2.49. The zero-order valence-electron chi connectivity index (χ0n) is 13.2. The van der Waals surface area contributed by atoms with Crippen molar-refractivity contribution in [2.75, 3.05) is 19.8 Å². The summed E-state index contributed by atoms with van der Waals surface area (Å²) in [5, 5.41) is 0. The fraction of sp³-hybridized carbons (Fsp3) is 0.368. The molecule has 0 aliphatic heterocycles. The van der Waals surface area contributed by atoms with Crippen molar-refractivity contribution in [3.8, 4) is 11.5 Å². The Hall–Kier alpha value is -2.00. The van der Waals surface area contributed by atoms with Crippen molar-refractivity contribution in [2.24, 2.45) is 5.73 Å². The molecular weight excluding hydrogens is 274 g/mol. The Bertz CT molecular complexity index is 542. The van der Waals surface area contributed by atoms with Gasteiger partial charge in [-0.3, -0.25) is 0 Å². The number of hydrogen-bond donors (Lipinski definition) is 1. The van der Waals surface area contributed by atoms with Crippen LogP contribution in [-0.2, 0) is 0 Å². The number of nitrogens with two attached hydrogens (primary N) is 1. The summed E-state index contributed by atoms with van der Waals surface area (Å²) in [6, 6.07) is 18.2. The maximum Gasteiger partial charge on any atom is 0.122 e. The van der Waals surface area contributed by atoms with Gasteiger partial charge in [0.05, 0.1) is 13.2 Å². The Labute approximate surface area is 133 Å². The Morgan fingerprint density at radius 3 is 2.36 bits per heavy atom. The first-order valence-corrected chi connectivity index (χ1v) is 7.94. The third-order valence-corrected chi connectivity index (χ3v) is 3.64. The highest BCUT2D eigenvalue weighted by Crippen LogP contribution is 2.22. The summed E-state index contributed by atoms with van der Waals surface area (Å²) in [4.78, 5) is 0. The molecule has 0 aliphatic rings. The number of rotatable bonds is 9. The first-order valence-electron chi connectivity index (χ1n) is 7.94. The second kappa shape index (κ2) is 9.11. The van der Waals surface area contributed by atoms with Crippen LogP contribution in [0, 0.1) is 0 Å². The van der Waals surface area contributed by atoms with Gasteiger partial charge >= 0.3 is 0 Å². The van der Waals surface area contributed by atoms with Crippen LogP contribution in [0.2, 0.25) is 0 Å². The van der Waals surface area contributed by atoms with Crippen molar-refractivity contribution < 1.29 is 9.47 Å². The lowest BCUT2D eigenvalue weighted by Gasteiger charge is -2.15. The van der Waals surface area contributed by atoms with Gasteiger partial charge in [0.1, 0.15) is 11.5 Å². The molecule has 1 unspecified atom stereocenters. The molecule has 2 aromatic carbocycles. The van der Waals surface area contributed by atoms with E-state index in [2.05, 4.69) is 24.3 Å². The molecule has 22 heavy (non-hydrogen) atoms. The molecule has 0 radical (unpaired) electrons. The summed E-state index contributed by atoms with van der Waals surface area (Å²) in [6.45, 7) is 4.01. The van der Waals surface area contributed by atoms with E-state index in [0.29, 0.717) is 25.7 Å². The molecule has 0 fully saturated rings. The fourth-order valence-corrected chi connectivity index (χ4v) is 2.49. The van der Waals surface area contributed by atoms with E-state index in [1.165, 1.54) is 5.56 Å². The summed E-state index contributed by atoms with van der Waals surface area (Å²) in [6.07, 6.45) is 2.02. The van der Waals surface area contributed by atoms with E-state index in [-0.39, 0.29) is 0 Å². The van der Waals surface area contributed by atoms with Crippen LogP contribution in [-0.4, -0.2) is 19.8 Å². The lowest BCUT2D eigenvalue weighted by atomic mass is 9.95. The van der Waals surface area contributed by atoms with Crippen molar-refractivity contribution in [1.82, 2.24) is 0 Å². The summed E-state index contributed by atoms with van der Waals surface area (Å²) < 4.78 is 11.3.